The summed E-state index contributed by atoms with van der Waals surface area (Å²) in [6.07, 6.45) is 0.204. The molecule has 0 spiro atoms. The maximum Gasteiger partial charge on any atom is 0.226 e. The molecule has 1 aromatic carbocycles. The number of rotatable bonds is 8. The van der Waals surface area contributed by atoms with Gasteiger partial charge in [-0.15, -0.1) is 0 Å². The third-order valence-corrected chi connectivity index (χ3v) is 5.40. The summed E-state index contributed by atoms with van der Waals surface area (Å²) in [6.45, 7) is 7.63. The van der Waals surface area contributed by atoms with Crippen LogP contribution in [0.3, 0.4) is 0 Å². The maximum absolute atomic E-state index is 13.0. The van der Waals surface area contributed by atoms with Crippen molar-refractivity contribution in [1.29, 1.82) is 0 Å². The first-order valence-corrected chi connectivity index (χ1v) is 9.92. The predicted octanol–water partition coefficient (Wildman–Crippen LogP) is 1.56. The number of carbonyl (C=O) groups excluding carboxylic acids is 2. The van der Waals surface area contributed by atoms with Crippen molar-refractivity contribution in [1.82, 2.24) is 25.0 Å². The van der Waals surface area contributed by atoms with Gasteiger partial charge in [-0.2, -0.15) is 5.10 Å². The molecule has 0 radical (unpaired) electrons. The zero-order valence-electron chi connectivity index (χ0n) is 17.5. The maximum atomic E-state index is 13.0. The molecular weight excluding hydrogens is 370 g/mol. The number of carbonyl (C=O) groups is 2. The van der Waals surface area contributed by atoms with Crippen molar-refractivity contribution in [3.05, 3.63) is 47.0 Å². The summed E-state index contributed by atoms with van der Waals surface area (Å²) < 4.78 is 6.96. The fourth-order valence-corrected chi connectivity index (χ4v) is 3.97. The molecular formula is C21H29N5O3. The highest BCUT2D eigenvalue weighted by Gasteiger charge is 2.44. The van der Waals surface area contributed by atoms with Gasteiger partial charge >= 0.3 is 0 Å². The molecule has 156 valence electrons. The molecule has 1 fully saturated rings. The topological polar surface area (TPSA) is 89.4 Å². The van der Waals surface area contributed by atoms with E-state index in [0.29, 0.717) is 32.1 Å². The number of likely N-dealkylation sites (tertiary alicyclic amines) is 1. The molecule has 0 aliphatic carbocycles. The number of nitrogens with zero attached hydrogens (tertiary/aromatic N) is 4. The van der Waals surface area contributed by atoms with Gasteiger partial charge in [0.05, 0.1) is 25.1 Å². The second-order valence-electron chi connectivity index (χ2n) is 7.41. The van der Waals surface area contributed by atoms with Gasteiger partial charge < -0.3 is 15.0 Å². The average molecular weight is 399 g/mol. The summed E-state index contributed by atoms with van der Waals surface area (Å²) in [5.74, 6) is 0.971. The van der Waals surface area contributed by atoms with Gasteiger partial charge in [-0.25, -0.2) is 9.67 Å². The molecule has 2 amide bonds. The molecule has 2 heterocycles. The Morgan fingerprint density at radius 3 is 2.66 bits per heavy atom. The Bertz CT molecular complexity index is 879. The van der Waals surface area contributed by atoms with E-state index in [1.807, 2.05) is 45.0 Å². The van der Waals surface area contributed by atoms with Crippen LogP contribution in [0.2, 0.25) is 0 Å². The Balaban J connectivity index is 1.74. The molecule has 2 atom stereocenters. The standard InChI is InChI=1S/C21H29N5O3/c1-14-7-5-6-8-17(14)20-18(13-19(27)25(20)11-12-29-4)21(28)22-9-10-26-16(3)23-15(2)24-26/h5-8,18,20H,9-13H2,1-4H3,(H,22,28)/t18-,20+/m1/s1. The molecule has 0 bridgehead atoms. The third kappa shape index (κ3) is 4.64. The first kappa shape index (κ1) is 21.0. The minimum absolute atomic E-state index is 0.0156. The van der Waals surface area contributed by atoms with Crippen molar-refractivity contribution < 1.29 is 14.3 Å². The molecule has 1 aliphatic rings. The molecule has 29 heavy (non-hydrogen) atoms. The second kappa shape index (κ2) is 9.17. The number of aromatic nitrogens is 3. The second-order valence-corrected chi connectivity index (χ2v) is 7.41. The average Bonchev–Trinajstić information content (AvgIpc) is 3.18. The number of benzene rings is 1. The van der Waals surface area contributed by atoms with Gasteiger partial charge in [0.2, 0.25) is 11.8 Å². The molecule has 8 nitrogen and oxygen atoms in total. The fraction of sp³-hybridized carbons (Fsp3) is 0.524. The number of hydrogen-bond donors (Lipinski definition) is 1. The van der Waals surface area contributed by atoms with Crippen molar-refractivity contribution in [2.75, 3.05) is 26.8 Å². The van der Waals surface area contributed by atoms with E-state index in [1.165, 1.54) is 0 Å². The van der Waals surface area contributed by atoms with E-state index in [2.05, 4.69) is 15.4 Å². The SMILES string of the molecule is COCCN1C(=O)C[C@@H](C(=O)NCCn2nc(C)nc2C)[C@@H]1c1ccccc1C. The Morgan fingerprint density at radius 2 is 2.00 bits per heavy atom. The Morgan fingerprint density at radius 1 is 1.24 bits per heavy atom. The normalized spacial score (nSPS) is 19.0. The molecule has 1 aromatic heterocycles. The van der Waals surface area contributed by atoms with E-state index >= 15 is 0 Å². The van der Waals surface area contributed by atoms with Gasteiger partial charge in [-0.1, -0.05) is 24.3 Å². The van der Waals surface area contributed by atoms with Crippen molar-refractivity contribution in [3.63, 3.8) is 0 Å². The van der Waals surface area contributed by atoms with Crippen molar-refractivity contribution in [2.45, 2.75) is 39.8 Å². The number of aryl methyl sites for hydroxylation is 3. The van der Waals surface area contributed by atoms with Gasteiger partial charge in [-0.3, -0.25) is 9.59 Å². The molecule has 0 saturated carbocycles. The van der Waals surface area contributed by atoms with Gasteiger partial charge in [0, 0.05) is 26.6 Å². The van der Waals surface area contributed by atoms with Crippen LogP contribution in [0.5, 0.6) is 0 Å². The van der Waals surface area contributed by atoms with Crippen molar-refractivity contribution >= 4 is 11.8 Å². The summed E-state index contributed by atoms with van der Waals surface area (Å²) in [6, 6.07) is 7.64. The molecule has 8 heteroatoms. The van der Waals surface area contributed by atoms with Crippen molar-refractivity contribution in [2.24, 2.45) is 5.92 Å². The fourth-order valence-electron chi connectivity index (χ4n) is 3.97. The smallest absolute Gasteiger partial charge is 0.226 e. The largest absolute Gasteiger partial charge is 0.383 e. The van der Waals surface area contributed by atoms with Crippen LogP contribution >= 0.6 is 0 Å². The molecule has 2 aromatic rings. The van der Waals surface area contributed by atoms with E-state index in [4.69, 9.17) is 4.74 Å². The zero-order valence-corrected chi connectivity index (χ0v) is 17.5. The quantitative estimate of drug-likeness (QED) is 0.728. The van der Waals surface area contributed by atoms with Crippen LogP contribution in [0.4, 0.5) is 0 Å². The lowest BCUT2D eigenvalue weighted by molar-refractivity contribution is -0.129. The summed E-state index contributed by atoms with van der Waals surface area (Å²) in [4.78, 5) is 31.8. The molecule has 1 N–H and O–H groups in total. The number of methoxy groups -OCH3 is 1. The molecule has 1 aliphatic heterocycles. The lowest BCUT2D eigenvalue weighted by Gasteiger charge is -2.29. The van der Waals surface area contributed by atoms with Crippen LogP contribution < -0.4 is 5.32 Å². The Hall–Kier alpha value is -2.74. The monoisotopic (exact) mass is 399 g/mol. The van der Waals surface area contributed by atoms with E-state index in [9.17, 15) is 9.59 Å². The number of ether oxygens (including phenoxy) is 1. The van der Waals surface area contributed by atoms with Crippen LogP contribution in [-0.4, -0.2) is 58.3 Å². The van der Waals surface area contributed by atoms with Crippen LogP contribution in [0.15, 0.2) is 24.3 Å². The summed E-state index contributed by atoms with van der Waals surface area (Å²) >= 11 is 0. The summed E-state index contributed by atoms with van der Waals surface area (Å²) in [5, 5.41) is 7.30. The molecule has 0 unspecified atom stereocenters. The Kier molecular flexibility index (Phi) is 6.64. The van der Waals surface area contributed by atoms with E-state index in [-0.39, 0.29) is 24.3 Å². The highest BCUT2D eigenvalue weighted by molar-refractivity contribution is 5.90. The summed E-state index contributed by atoms with van der Waals surface area (Å²) in [5.41, 5.74) is 2.08. The lowest BCUT2D eigenvalue weighted by atomic mass is 9.90. The zero-order chi connectivity index (χ0) is 21.0. The number of amides is 2. The first-order chi connectivity index (χ1) is 13.9. The van der Waals surface area contributed by atoms with E-state index in [1.54, 1.807) is 16.7 Å². The van der Waals surface area contributed by atoms with E-state index in [0.717, 1.165) is 17.0 Å². The van der Waals surface area contributed by atoms with Crippen LogP contribution in [0.25, 0.3) is 0 Å². The highest BCUT2D eigenvalue weighted by Crippen LogP contribution is 2.39. The number of hydrogen-bond acceptors (Lipinski definition) is 5. The lowest BCUT2D eigenvalue weighted by Crippen LogP contribution is -2.38. The third-order valence-electron chi connectivity index (χ3n) is 5.40. The summed E-state index contributed by atoms with van der Waals surface area (Å²) in [7, 11) is 1.61. The van der Waals surface area contributed by atoms with Gasteiger partial charge in [0.15, 0.2) is 0 Å². The van der Waals surface area contributed by atoms with Gasteiger partial charge in [0.1, 0.15) is 11.6 Å². The van der Waals surface area contributed by atoms with Crippen LogP contribution in [0.1, 0.15) is 35.2 Å². The Labute approximate surface area is 171 Å². The van der Waals surface area contributed by atoms with E-state index < -0.39 is 5.92 Å². The number of nitrogens with one attached hydrogen (secondary N) is 1. The van der Waals surface area contributed by atoms with Crippen LogP contribution in [0, 0.1) is 26.7 Å². The molecule has 1 saturated heterocycles. The van der Waals surface area contributed by atoms with Gasteiger partial charge in [-0.05, 0) is 31.9 Å². The van der Waals surface area contributed by atoms with Crippen LogP contribution in [-0.2, 0) is 20.9 Å². The minimum atomic E-state index is -0.431. The first-order valence-electron chi connectivity index (χ1n) is 9.92. The van der Waals surface area contributed by atoms with Gasteiger partial charge in [0.25, 0.3) is 0 Å². The molecule has 3 rings (SSSR count). The predicted molar refractivity (Wildman–Crippen MR) is 108 cm³/mol. The highest BCUT2D eigenvalue weighted by atomic mass is 16.5. The minimum Gasteiger partial charge on any atom is -0.383 e. The van der Waals surface area contributed by atoms with Crippen molar-refractivity contribution in [3.8, 4) is 0 Å².